The molecule has 0 fully saturated rings. The number of benzene rings is 1. The van der Waals surface area contributed by atoms with Crippen LogP contribution in [0, 0.1) is 0 Å². The van der Waals surface area contributed by atoms with Crippen molar-refractivity contribution in [2.45, 2.75) is 6.92 Å². The molecule has 2 aromatic rings. The summed E-state index contributed by atoms with van der Waals surface area (Å²) in [5, 5.41) is 6.37. The van der Waals surface area contributed by atoms with E-state index in [1.165, 1.54) is 0 Å². The van der Waals surface area contributed by atoms with Crippen LogP contribution in [0.2, 0.25) is 0 Å². The van der Waals surface area contributed by atoms with Crippen LogP contribution in [0.1, 0.15) is 12.5 Å². The lowest BCUT2D eigenvalue weighted by Gasteiger charge is -2.06. The van der Waals surface area contributed by atoms with Crippen molar-refractivity contribution in [2.75, 3.05) is 6.61 Å². The Morgan fingerprint density at radius 2 is 2.26 bits per heavy atom. The van der Waals surface area contributed by atoms with Crippen molar-refractivity contribution in [2.24, 2.45) is 5.73 Å². The molecule has 6 heteroatoms. The first-order valence-electron chi connectivity index (χ1n) is 5.74. The fourth-order valence-electron chi connectivity index (χ4n) is 1.65. The number of H-pyrrole nitrogens is 1. The zero-order chi connectivity index (χ0) is 13.8. The maximum Gasteiger partial charge on any atom is 0.274 e. The second kappa shape index (κ2) is 5.62. The Bertz CT molecular complexity index is 667. The van der Waals surface area contributed by atoms with E-state index in [0.717, 1.165) is 11.3 Å². The number of nitrogens with one attached hydrogen (secondary N) is 1. The van der Waals surface area contributed by atoms with Crippen LogP contribution in [-0.4, -0.2) is 21.8 Å². The van der Waals surface area contributed by atoms with Gasteiger partial charge in [0.25, 0.3) is 5.56 Å². The first kappa shape index (κ1) is 13.2. The highest BCUT2D eigenvalue weighted by Crippen LogP contribution is 2.21. The fourth-order valence-corrected chi connectivity index (χ4v) is 1.80. The molecular formula is C13H13N3O2S. The molecule has 2 rings (SSSR count). The van der Waals surface area contributed by atoms with Crippen LogP contribution >= 0.6 is 12.2 Å². The first-order valence-corrected chi connectivity index (χ1v) is 6.15. The third-order valence-electron chi connectivity index (χ3n) is 2.51. The van der Waals surface area contributed by atoms with Crippen LogP contribution in [0.25, 0.3) is 11.3 Å². The third kappa shape index (κ3) is 2.97. The van der Waals surface area contributed by atoms with Gasteiger partial charge in [0.1, 0.15) is 10.7 Å². The van der Waals surface area contributed by atoms with E-state index < -0.39 is 5.56 Å². The average Bonchev–Trinajstić information content (AvgIpc) is 2.39. The monoisotopic (exact) mass is 275 g/mol. The van der Waals surface area contributed by atoms with E-state index >= 15 is 0 Å². The van der Waals surface area contributed by atoms with Crippen molar-refractivity contribution in [1.82, 2.24) is 10.2 Å². The third-order valence-corrected chi connectivity index (χ3v) is 2.73. The molecule has 5 nitrogen and oxygen atoms in total. The van der Waals surface area contributed by atoms with E-state index in [0.29, 0.717) is 12.3 Å². The molecule has 1 aromatic heterocycles. The van der Waals surface area contributed by atoms with Gasteiger partial charge >= 0.3 is 0 Å². The molecule has 1 aromatic carbocycles. The maximum absolute atomic E-state index is 11.5. The topological polar surface area (TPSA) is 81.0 Å². The Hall–Kier alpha value is -2.21. The number of aromatic nitrogens is 2. The van der Waals surface area contributed by atoms with Gasteiger partial charge in [-0.2, -0.15) is 5.10 Å². The molecule has 0 amide bonds. The SMILES string of the molecule is CCOc1cccc(-c2cc(C(N)=S)c(=O)[nH]n2)c1. The molecule has 0 saturated carbocycles. The minimum Gasteiger partial charge on any atom is -0.494 e. The van der Waals surface area contributed by atoms with Crippen LogP contribution < -0.4 is 16.0 Å². The van der Waals surface area contributed by atoms with Gasteiger partial charge in [-0.1, -0.05) is 24.4 Å². The Labute approximate surface area is 115 Å². The molecule has 3 N–H and O–H groups in total. The molecular weight excluding hydrogens is 262 g/mol. The standard InChI is InChI=1S/C13H13N3O2S/c1-2-18-9-5-3-4-8(6-9)11-7-10(12(14)19)13(17)16-15-11/h3-7H,2H2,1H3,(H2,14,19)(H,16,17). The molecule has 0 spiro atoms. The Balaban J connectivity index is 2.47. The van der Waals surface area contributed by atoms with Crippen molar-refractivity contribution in [3.8, 4) is 17.0 Å². The number of thiocarbonyl (C=S) groups is 1. The fraction of sp³-hybridized carbons (Fsp3) is 0.154. The zero-order valence-corrected chi connectivity index (χ0v) is 11.2. The summed E-state index contributed by atoms with van der Waals surface area (Å²) in [5.74, 6) is 0.741. The summed E-state index contributed by atoms with van der Waals surface area (Å²) >= 11 is 4.83. The molecule has 0 radical (unpaired) electrons. The van der Waals surface area contributed by atoms with Gasteiger partial charge in [-0.25, -0.2) is 5.10 Å². The molecule has 0 bridgehead atoms. The van der Waals surface area contributed by atoms with Crippen molar-refractivity contribution in [1.29, 1.82) is 0 Å². The predicted molar refractivity (Wildman–Crippen MR) is 77.4 cm³/mol. The second-order valence-electron chi connectivity index (χ2n) is 3.82. The molecule has 1 heterocycles. The van der Waals surface area contributed by atoms with Crippen LogP contribution in [0.5, 0.6) is 5.75 Å². The highest BCUT2D eigenvalue weighted by molar-refractivity contribution is 7.80. The predicted octanol–water partition coefficient (Wildman–Crippen LogP) is 1.47. The number of rotatable bonds is 4. The molecule has 0 atom stereocenters. The lowest BCUT2D eigenvalue weighted by molar-refractivity contribution is 0.340. The molecule has 0 unspecified atom stereocenters. The number of ether oxygens (including phenoxy) is 1. The Morgan fingerprint density at radius 1 is 1.47 bits per heavy atom. The molecule has 0 saturated heterocycles. The Morgan fingerprint density at radius 3 is 2.95 bits per heavy atom. The van der Waals surface area contributed by atoms with E-state index in [2.05, 4.69) is 10.2 Å². The maximum atomic E-state index is 11.5. The Kier molecular flexibility index (Phi) is 3.91. The molecule has 19 heavy (non-hydrogen) atoms. The molecule has 0 aliphatic rings. The molecule has 0 aliphatic carbocycles. The average molecular weight is 275 g/mol. The van der Waals surface area contributed by atoms with Crippen LogP contribution in [0.3, 0.4) is 0 Å². The number of aromatic amines is 1. The summed E-state index contributed by atoms with van der Waals surface area (Å²) in [6.45, 7) is 2.50. The molecule has 98 valence electrons. The minimum absolute atomic E-state index is 0.0471. The highest BCUT2D eigenvalue weighted by atomic mass is 32.1. The normalized spacial score (nSPS) is 10.2. The van der Waals surface area contributed by atoms with E-state index in [1.807, 2.05) is 31.2 Å². The van der Waals surface area contributed by atoms with E-state index in [4.69, 9.17) is 22.7 Å². The zero-order valence-electron chi connectivity index (χ0n) is 10.3. The number of nitrogens with two attached hydrogens (primary N) is 1. The number of nitrogens with zero attached hydrogens (tertiary/aromatic N) is 1. The van der Waals surface area contributed by atoms with Gasteiger partial charge in [-0.15, -0.1) is 0 Å². The first-order chi connectivity index (χ1) is 9.11. The lowest BCUT2D eigenvalue weighted by Crippen LogP contribution is -2.23. The number of hydrogen-bond acceptors (Lipinski definition) is 4. The van der Waals surface area contributed by atoms with Gasteiger partial charge in [0, 0.05) is 5.56 Å². The smallest absolute Gasteiger partial charge is 0.274 e. The van der Waals surface area contributed by atoms with Gasteiger partial charge in [-0.3, -0.25) is 4.79 Å². The van der Waals surface area contributed by atoms with Crippen LogP contribution in [0.15, 0.2) is 35.1 Å². The van der Waals surface area contributed by atoms with E-state index in [-0.39, 0.29) is 10.6 Å². The van der Waals surface area contributed by atoms with Crippen molar-refractivity contribution >= 4 is 17.2 Å². The summed E-state index contributed by atoms with van der Waals surface area (Å²) in [6.07, 6.45) is 0. The minimum atomic E-state index is -0.391. The summed E-state index contributed by atoms with van der Waals surface area (Å²) in [6, 6.07) is 8.99. The van der Waals surface area contributed by atoms with Gasteiger partial charge in [0.05, 0.1) is 17.9 Å². The number of hydrogen-bond donors (Lipinski definition) is 2. The second-order valence-corrected chi connectivity index (χ2v) is 4.26. The largest absolute Gasteiger partial charge is 0.494 e. The van der Waals surface area contributed by atoms with E-state index in [9.17, 15) is 4.79 Å². The van der Waals surface area contributed by atoms with Gasteiger partial charge in [0.15, 0.2) is 0 Å². The summed E-state index contributed by atoms with van der Waals surface area (Å²) in [7, 11) is 0. The molecule has 0 aliphatic heterocycles. The quantitative estimate of drug-likeness (QED) is 0.826. The van der Waals surface area contributed by atoms with E-state index in [1.54, 1.807) is 6.07 Å². The van der Waals surface area contributed by atoms with Gasteiger partial charge in [-0.05, 0) is 25.1 Å². The lowest BCUT2D eigenvalue weighted by atomic mass is 10.1. The van der Waals surface area contributed by atoms with Crippen LogP contribution in [-0.2, 0) is 0 Å². The summed E-state index contributed by atoms with van der Waals surface area (Å²) in [5.41, 5.74) is 6.76. The van der Waals surface area contributed by atoms with Gasteiger partial charge in [0.2, 0.25) is 0 Å². The van der Waals surface area contributed by atoms with Gasteiger partial charge < -0.3 is 10.5 Å². The van der Waals surface area contributed by atoms with Crippen molar-refractivity contribution in [3.63, 3.8) is 0 Å². The summed E-state index contributed by atoms with van der Waals surface area (Å²) in [4.78, 5) is 11.6. The summed E-state index contributed by atoms with van der Waals surface area (Å²) < 4.78 is 5.42. The van der Waals surface area contributed by atoms with Crippen LogP contribution in [0.4, 0.5) is 0 Å². The highest BCUT2D eigenvalue weighted by Gasteiger charge is 2.08. The van der Waals surface area contributed by atoms with Crippen molar-refractivity contribution < 1.29 is 4.74 Å². The van der Waals surface area contributed by atoms with Crippen molar-refractivity contribution in [3.05, 3.63) is 46.2 Å².